The molecule has 6 heteroatoms. The molecule has 1 aliphatic heterocycles. The van der Waals surface area contributed by atoms with Crippen molar-refractivity contribution in [2.45, 2.75) is 25.5 Å². The molecule has 20 heavy (non-hydrogen) atoms. The SMILES string of the molecule is O=c1oc2cc(Cl)ccc2n1CCOC[C@@H]1CCCO1. The van der Waals surface area contributed by atoms with Gasteiger partial charge < -0.3 is 13.9 Å². The van der Waals surface area contributed by atoms with Gasteiger partial charge in [0.05, 0.1) is 31.4 Å². The first-order valence-electron chi connectivity index (χ1n) is 6.72. The maximum absolute atomic E-state index is 11.8. The Morgan fingerprint density at radius 2 is 2.35 bits per heavy atom. The van der Waals surface area contributed by atoms with Gasteiger partial charge in [-0.1, -0.05) is 11.6 Å². The number of ether oxygens (including phenoxy) is 2. The van der Waals surface area contributed by atoms with Crippen LogP contribution in [0.1, 0.15) is 12.8 Å². The van der Waals surface area contributed by atoms with Gasteiger partial charge in [-0.2, -0.15) is 0 Å². The van der Waals surface area contributed by atoms with Gasteiger partial charge in [-0.3, -0.25) is 4.57 Å². The van der Waals surface area contributed by atoms with Gasteiger partial charge in [0, 0.05) is 17.7 Å². The number of aromatic nitrogens is 1. The molecule has 1 aliphatic rings. The lowest BCUT2D eigenvalue weighted by atomic mass is 10.2. The van der Waals surface area contributed by atoms with E-state index in [1.807, 2.05) is 0 Å². The Hall–Kier alpha value is -1.30. The second-order valence-electron chi connectivity index (χ2n) is 4.84. The summed E-state index contributed by atoms with van der Waals surface area (Å²) < 4.78 is 17.7. The average molecular weight is 298 g/mol. The lowest BCUT2D eigenvalue weighted by Gasteiger charge is -2.10. The molecule has 1 saturated heterocycles. The number of halogens is 1. The lowest BCUT2D eigenvalue weighted by molar-refractivity contribution is 0.0147. The summed E-state index contributed by atoms with van der Waals surface area (Å²) in [7, 11) is 0. The van der Waals surface area contributed by atoms with E-state index in [-0.39, 0.29) is 11.9 Å². The van der Waals surface area contributed by atoms with Gasteiger partial charge in [-0.05, 0) is 25.0 Å². The molecular weight excluding hydrogens is 282 g/mol. The number of benzene rings is 1. The van der Waals surface area contributed by atoms with Gasteiger partial charge in [0.15, 0.2) is 5.58 Å². The van der Waals surface area contributed by atoms with E-state index in [0.29, 0.717) is 30.4 Å². The molecule has 0 radical (unpaired) electrons. The maximum atomic E-state index is 11.8. The van der Waals surface area contributed by atoms with Crippen molar-refractivity contribution in [2.24, 2.45) is 0 Å². The molecule has 0 amide bonds. The molecule has 1 atom stereocenters. The van der Waals surface area contributed by atoms with Crippen LogP contribution in [-0.4, -0.2) is 30.5 Å². The first-order chi connectivity index (χ1) is 9.74. The Bertz CT molecular complexity index is 642. The second-order valence-corrected chi connectivity index (χ2v) is 5.28. The summed E-state index contributed by atoms with van der Waals surface area (Å²) in [5.41, 5.74) is 1.24. The van der Waals surface area contributed by atoms with E-state index in [9.17, 15) is 4.79 Å². The van der Waals surface area contributed by atoms with E-state index in [2.05, 4.69) is 0 Å². The van der Waals surface area contributed by atoms with Crippen LogP contribution in [0.25, 0.3) is 11.1 Å². The molecule has 0 N–H and O–H groups in total. The highest BCUT2D eigenvalue weighted by Crippen LogP contribution is 2.18. The van der Waals surface area contributed by atoms with Crippen LogP contribution in [-0.2, 0) is 16.0 Å². The highest BCUT2D eigenvalue weighted by atomic mass is 35.5. The Morgan fingerprint density at radius 1 is 1.45 bits per heavy atom. The molecule has 0 spiro atoms. The van der Waals surface area contributed by atoms with Crippen LogP contribution in [0, 0.1) is 0 Å². The van der Waals surface area contributed by atoms with Crippen LogP contribution in [0.3, 0.4) is 0 Å². The van der Waals surface area contributed by atoms with Gasteiger partial charge in [0.25, 0.3) is 0 Å². The third kappa shape index (κ3) is 2.90. The summed E-state index contributed by atoms with van der Waals surface area (Å²) in [4.78, 5) is 11.8. The number of hydrogen-bond donors (Lipinski definition) is 0. The molecule has 2 heterocycles. The van der Waals surface area contributed by atoms with Crippen molar-refractivity contribution in [1.29, 1.82) is 0 Å². The Morgan fingerprint density at radius 3 is 3.15 bits per heavy atom. The van der Waals surface area contributed by atoms with Gasteiger partial charge in [-0.25, -0.2) is 4.79 Å². The van der Waals surface area contributed by atoms with Crippen molar-refractivity contribution in [3.8, 4) is 0 Å². The zero-order chi connectivity index (χ0) is 13.9. The fourth-order valence-corrected chi connectivity index (χ4v) is 2.56. The second kappa shape index (κ2) is 5.99. The fourth-order valence-electron chi connectivity index (χ4n) is 2.40. The summed E-state index contributed by atoms with van der Waals surface area (Å²) >= 11 is 5.87. The zero-order valence-electron chi connectivity index (χ0n) is 11.0. The van der Waals surface area contributed by atoms with Crippen molar-refractivity contribution < 1.29 is 13.9 Å². The van der Waals surface area contributed by atoms with Gasteiger partial charge in [-0.15, -0.1) is 0 Å². The third-order valence-corrected chi connectivity index (χ3v) is 3.65. The minimum atomic E-state index is -0.386. The smallest absolute Gasteiger partial charge is 0.408 e. The molecule has 1 fully saturated rings. The number of oxazole rings is 1. The molecule has 1 aromatic carbocycles. The Kier molecular flexibility index (Phi) is 4.10. The number of rotatable bonds is 5. The molecule has 2 aromatic rings. The largest absolute Gasteiger partial charge is 0.420 e. The zero-order valence-corrected chi connectivity index (χ0v) is 11.8. The summed E-state index contributed by atoms with van der Waals surface area (Å²) in [5.74, 6) is -0.386. The maximum Gasteiger partial charge on any atom is 0.420 e. The molecular formula is C14H16ClNO4. The van der Waals surface area contributed by atoms with Crippen LogP contribution < -0.4 is 5.76 Å². The van der Waals surface area contributed by atoms with E-state index < -0.39 is 0 Å². The van der Waals surface area contributed by atoms with E-state index in [0.717, 1.165) is 25.0 Å². The lowest BCUT2D eigenvalue weighted by Crippen LogP contribution is -2.20. The number of fused-ring (bicyclic) bond motifs is 1. The summed E-state index contributed by atoms with van der Waals surface area (Å²) in [5, 5.41) is 0.549. The first-order valence-corrected chi connectivity index (χ1v) is 7.10. The third-order valence-electron chi connectivity index (χ3n) is 3.42. The average Bonchev–Trinajstić information content (AvgIpc) is 3.02. The summed E-state index contributed by atoms with van der Waals surface area (Å²) in [6.07, 6.45) is 2.35. The van der Waals surface area contributed by atoms with Crippen molar-refractivity contribution >= 4 is 22.7 Å². The number of nitrogens with zero attached hydrogens (tertiary/aromatic N) is 1. The summed E-state index contributed by atoms with van der Waals surface area (Å²) in [6.45, 7) is 2.31. The molecule has 0 saturated carbocycles. The van der Waals surface area contributed by atoms with Crippen LogP contribution in [0.2, 0.25) is 5.02 Å². The van der Waals surface area contributed by atoms with Crippen molar-refractivity contribution in [3.05, 3.63) is 33.8 Å². The summed E-state index contributed by atoms with van der Waals surface area (Å²) in [6, 6.07) is 5.16. The quantitative estimate of drug-likeness (QED) is 0.796. The molecule has 108 valence electrons. The van der Waals surface area contributed by atoms with Crippen LogP contribution >= 0.6 is 11.6 Å². The molecule has 0 aliphatic carbocycles. The molecule has 0 unspecified atom stereocenters. The number of hydrogen-bond acceptors (Lipinski definition) is 4. The Balaban J connectivity index is 1.62. The predicted molar refractivity (Wildman–Crippen MR) is 75.3 cm³/mol. The van der Waals surface area contributed by atoms with Crippen molar-refractivity contribution in [3.63, 3.8) is 0 Å². The van der Waals surface area contributed by atoms with Gasteiger partial charge in [0.1, 0.15) is 0 Å². The minimum Gasteiger partial charge on any atom is -0.408 e. The minimum absolute atomic E-state index is 0.201. The van der Waals surface area contributed by atoms with Crippen molar-refractivity contribution in [1.82, 2.24) is 4.57 Å². The van der Waals surface area contributed by atoms with Crippen LogP contribution in [0.4, 0.5) is 0 Å². The van der Waals surface area contributed by atoms with E-state index in [1.54, 1.807) is 22.8 Å². The topological polar surface area (TPSA) is 53.6 Å². The van der Waals surface area contributed by atoms with E-state index >= 15 is 0 Å². The highest BCUT2D eigenvalue weighted by molar-refractivity contribution is 6.31. The van der Waals surface area contributed by atoms with Crippen LogP contribution in [0.15, 0.2) is 27.4 Å². The molecule has 1 aromatic heterocycles. The highest BCUT2D eigenvalue weighted by Gasteiger charge is 2.15. The molecule has 0 bridgehead atoms. The van der Waals surface area contributed by atoms with E-state index in [4.69, 9.17) is 25.5 Å². The normalized spacial score (nSPS) is 18.9. The predicted octanol–water partition coefficient (Wildman–Crippen LogP) is 2.44. The monoisotopic (exact) mass is 297 g/mol. The molecule has 5 nitrogen and oxygen atoms in total. The standard InChI is InChI=1S/C14H16ClNO4/c15-10-3-4-12-13(8-10)20-14(17)16(12)5-7-18-9-11-2-1-6-19-11/h3-4,8,11H,1-2,5-7,9H2/t11-/m0/s1. The Labute approximate surface area is 121 Å². The van der Waals surface area contributed by atoms with E-state index in [1.165, 1.54) is 0 Å². The van der Waals surface area contributed by atoms with Gasteiger partial charge >= 0.3 is 5.76 Å². The van der Waals surface area contributed by atoms with Crippen LogP contribution in [0.5, 0.6) is 0 Å². The van der Waals surface area contributed by atoms with Gasteiger partial charge in [0.2, 0.25) is 0 Å². The fraction of sp³-hybridized carbons (Fsp3) is 0.500. The molecule has 3 rings (SSSR count). The first kappa shape index (κ1) is 13.7. The van der Waals surface area contributed by atoms with Crippen molar-refractivity contribution in [2.75, 3.05) is 19.8 Å².